The van der Waals surface area contributed by atoms with E-state index >= 15 is 0 Å². The molecule has 2 aromatic rings. The molecule has 0 radical (unpaired) electrons. The molecule has 3 rings (SSSR count). The van der Waals surface area contributed by atoms with Crippen LogP contribution in [-0.4, -0.2) is 90.0 Å². The maximum atomic E-state index is 13.0. The maximum Gasteiger partial charge on any atom is 0.252 e. The van der Waals surface area contributed by atoms with Crippen LogP contribution < -0.4 is 25.0 Å². The van der Waals surface area contributed by atoms with E-state index in [4.69, 9.17) is 19.3 Å². The number of methoxy groups -OCH3 is 3. The van der Waals surface area contributed by atoms with Crippen LogP contribution in [0.5, 0.6) is 17.2 Å². The fourth-order valence-corrected chi connectivity index (χ4v) is 5.02. The van der Waals surface area contributed by atoms with Crippen molar-refractivity contribution >= 4 is 17.7 Å². The number of aliphatic hydroxyl groups is 5. The second kappa shape index (κ2) is 12.8. The number of ether oxygens (including phenoxy) is 3. The lowest BCUT2D eigenvalue weighted by Crippen LogP contribution is -2.52. The number of hydrogen-bond acceptors (Lipinski definition) is 11. The smallest absolute Gasteiger partial charge is 0.252 e. The van der Waals surface area contributed by atoms with Gasteiger partial charge in [0.2, 0.25) is 5.75 Å². The summed E-state index contributed by atoms with van der Waals surface area (Å²) in [6.45, 7) is -0.879. The number of rotatable bonds is 10. The number of hydrogen-bond donors (Lipinski definition) is 6. The predicted molar refractivity (Wildman–Crippen MR) is 140 cm³/mol. The second-order valence-corrected chi connectivity index (χ2v) is 9.58. The molecule has 1 amide bonds. The number of aryl methyl sites for hydroxylation is 1. The third kappa shape index (κ3) is 5.75. The Hall–Kier alpha value is -2.87. The van der Waals surface area contributed by atoms with Gasteiger partial charge in [-0.25, -0.2) is 0 Å². The molecule has 0 saturated heterocycles. The Morgan fingerprint density at radius 2 is 1.74 bits per heavy atom. The van der Waals surface area contributed by atoms with Crippen molar-refractivity contribution in [1.29, 1.82) is 0 Å². The minimum Gasteiger partial charge on any atom is -0.493 e. The van der Waals surface area contributed by atoms with Crippen molar-refractivity contribution in [2.24, 2.45) is 0 Å². The second-order valence-electron chi connectivity index (χ2n) is 8.73. The van der Waals surface area contributed by atoms with Gasteiger partial charge >= 0.3 is 0 Å². The standard InChI is InChI=1S/C26H33NO10S/c1-35-18-9-12-5-7-15(27-26(34)23(33)22(32)21(31)17(30)11-28)14-10-16(29)19(38-4)8-6-13(14)20(12)25(37-3)24(18)36-2/h6,8-10,15,17,21-23,28,30-33H,5,7,11H2,1-4H3,(H,27,34)/t15-,17+,21+,22-,23+/m0/s1. The first-order valence-corrected chi connectivity index (χ1v) is 13.0. The van der Waals surface area contributed by atoms with Crippen LogP contribution in [-0.2, 0) is 11.2 Å². The molecule has 1 aliphatic rings. The fourth-order valence-electron chi connectivity index (χ4n) is 4.55. The van der Waals surface area contributed by atoms with Crippen molar-refractivity contribution in [3.05, 3.63) is 45.6 Å². The first kappa shape index (κ1) is 29.7. The van der Waals surface area contributed by atoms with Gasteiger partial charge in [0, 0.05) is 5.56 Å². The molecule has 0 saturated carbocycles. The van der Waals surface area contributed by atoms with Gasteiger partial charge in [-0.05, 0) is 54.0 Å². The molecule has 6 N–H and O–H groups in total. The molecule has 11 nitrogen and oxygen atoms in total. The van der Waals surface area contributed by atoms with Gasteiger partial charge in [0.05, 0.1) is 38.9 Å². The molecule has 5 atom stereocenters. The van der Waals surface area contributed by atoms with Gasteiger partial charge < -0.3 is 45.1 Å². The van der Waals surface area contributed by atoms with E-state index < -0.39 is 43.0 Å². The summed E-state index contributed by atoms with van der Waals surface area (Å²) in [5.41, 5.74) is 2.22. The van der Waals surface area contributed by atoms with Crippen LogP contribution in [0.25, 0.3) is 11.1 Å². The number of benzene rings is 1. The number of thioether (sulfide) groups is 1. The molecule has 12 heteroatoms. The molecule has 2 aromatic carbocycles. The van der Waals surface area contributed by atoms with Crippen LogP contribution in [0.4, 0.5) is 0 Å². The van der Waals surface area contributed by atoms with Gasteiger partial charge in [0.15, 0.2) is 23.0 Å². The summed E-state index contributed by atoms with van der Waals surface area (Å²) < 4.78 is 16.8. The number of nitrogens with one attached hydrogen (secondary N) is 1. The molecule has 0 aliphatic heterocycles. The van der Waals surface area contributed by atoms with Gasteiger partial charge in [-0.3, -0.25) is 9.59 Å². The minimum absolute atomic E-state index is 0.275. The normalized spacial score (nSPS) is 17.7. The molecule has 0 unspecified atom stereocenters. The zero-order valence-electron chi connectivity index (χ0n) is 21.5. The zero-order valence-corrected chi connectivity index (χ0v) is 22.3. The van der Waals surface area contributed by atoms with Crippen molar-refractivity contribution in [3.8, 4) is 28.4 Å². The van der Waals surface area contributed by atoms with E-state index in [0.717, 1.165) is 5.56 Å². The van der Waals surface area contributed by atoms with Crippen molar-refractivity contribution in [3.63, 3.8) is 0 Å². The van der Waals surface area contributed by atoms with E-state index in [1.807, 2.05) is 0 Å². The highest BCUT2D eigenvalue weighted by Crippen LogP contribution is 2.50. The molecule has 208 valence electrons. The van der Waals surface area contributed by atoms with Crippen LogP contribution in [0.3, 0.4) is 0 Å². The summed E-state index contributed by atoms with van der Waals surface area (Å²) in [5.74, 6) is 0.151. The molecule has 38 heavy (non-hydrogen) atoms. The van der Waals surface area contributed by atoms with Crippen LogP contribution in [0.15, 0.2) is 34.0 Å². The van der Waals surface area contributed by atoms with Gasteiger partial charge in [-0.15, -0.1) is 11.8 Å². The Balaban J connectivity index is 2.15. The van der Waals surface area contributed by atoms with Crippen molar-refractivity contribution in [1.82, 2.24) is 5.32 Å². The highest BCUT2D eigenvalue weighted by atomic mass is 32.2. The molecular formula is C26H33NO10S. The van der Waals surface area contributed by atoms with Crippen molar-refractivity contribution < 1.29 is 44.5 Å². The van der Waals surface area contributed by atoms with E-state index in [2.05, 4.69) is 5.32 Å². The van der Waals surface area contributed by atoms with Gasteiger partial charge in [-0.2, -0.15) is 0 Å². The molecule has 0 heterocycles. The van der Waals surface area contributed by atoms with E-state index in [1.54, 1.807) is 24.5 Å². The van der Waals surface area contributed by atoms with E-state index in [9.17, 15) is 30.0 Å². The van der Waals surface area contributed by atoms with Gasteiger partial charge in [0.1, 0.15) is 18.3 Å². The number of carbonyl (C=O) groups is 1. The Morgan fingerprint density at radius 1 is 1.05 bits per heavy atom. The molecule has 0 fully saturated rings. The zero-order chi connectivity index (χ0) is 28.1. The highest BCUT2D eigenvalue weighted by molar-refractivity contribution is 7.98. The lowest BCUT2D eigenvalue weighted by molar-refractivity contribution is -0.149. The Labute approximate surface area is 224 Å². The van der Waals surface area contributed by atoms with Crippen molar-refractivity contribution in [2.45, 2.75) is 48.2 Å². The van der Waals surface area contributed by atoms with Crippen LogP contribution in [0, 0.1) is 0 Å². The summed E-state index contributed by atoms with van der Waals surface area (Å²) in [5, 5.41) is 51.8. The van der Waals surface area contributed by atoms with Gasteiger partial charge in [-0.1, -0.05) is 6.07 Å². The lowest BCUT2D eigenvalue weighted by atomic mass is 9.95. The number of carbonyl (C=O) groups excluding carboxylic acids is 1. The van der Waals surface area contributed by atoms with E-state index in [0.29, 0.717) is 51.7 Å². The molecule has 1 aliphatic carbocycles. The SMILES string of the molecule is COc1cc2c(c(OC)c1OC)-c1ccc(SC)c(=O)cc1[C@@H](NC(=O)[C@H](O)[C@@H](O)[C@H](O)[C@H](O)CO)CC2. The van der Waals surface area contributed by atoms with Crippen LogP contribution >= 0.6 is 11.8 Å². The molecular weight excluding hydrogens is 518 g/mol. The summed E-state index contributed by atoms with van der Waals surface area (Å²) in [7, 11) is 4.47. The Bertz CT molecular complexity index is 1220. The summed E-state index contributed by atoms with van der Waals surface area (Å²) in [4.78, 5) is 26.4. The third-order valence-electron chi connectivity index (χ3n) is 6.56. The highest BCUT2D eigenvalue weighted by Gasteiger charge is 2.36. The largest absolute Gasteiger partial charge is 0.493 e. The number of aliphatic hydroxyl groups excluding tert-OH is 5. The quantitative estimate of drug-likeness (QED) is 0.219. The summed E-state index contributed by atoms with van der Waals surface area (Å²) in [6.07, 6.45) is -5.45. The van der Waals surface area contributed by atoms with E-state index in [-0.39, 0.29) is 5.43 Å². The van der Waals surface area contributed by atoms with E-state index in [1.165, 1.54) is 39.2 Å². The minimum atomic E-state index is -2.12. The van der Waals surface area contributed by atoms with Crippen LogP contribution in [0.2, 0.25) is 0 Å². The van der Waals surface area contributed by atoms with Crippen molar-refractivity contribution in [2.75, 3.05) is 34.2 Å². The van der Waals surface area contributed by atoms with Gasteiger partial charge in [0.25, 0.3) is 5.91 Å². The average Bonchev–Trinajstić information content (AvgIpc) is 3.18. The topological polar surface area (TPSA) is 175 Å². The number of amides is 1. The predicted octanol–water partition coefficient (Wildman–Crippen LogP) is 0.000900. The molecule has 0 spiro atoms. The summed E-state index contributed by atoms with van der Waals surface area (Å²) in [6, 6.07) is 5.87. The average molecular weight is 552 g/mol. The first-order valence-electron chi connectivity index (χ1n) is 11.8. The monoisotopic (exact) mass is 551 g/mol. The number of fused-ring (bicyclic) bond motifs is 3. The molecule has 0 aromatic heterocycles. The third-order valence-corrected chi connectivity index (χ3v) is 7.34. The first-order chi connectivity index (χ1) is 18.1. The maximum absolute atomic E-state index is 13.0. The Kier molecular flexibility index (Phi) is 9.99. The van der Waals surface area contributed by atoms with Crippen LogP contribution in [0.1, 0.15) is 23.6 Å². The lowest BCUT2D eigenvalue weighted by Gasteiger charge is -2.27. The summed E-state index contributed by atoms with van der Waals surface area (Å²) >= 11 is 1.27. The molecule has 0 bridgehead atoms. The Morgan fingerprint density at radius 3 is 2.32 bits per heavy atom. The fraction of sp³-hybridized carbons (Fsp3) is 0.462.